The van der Waals surface area contributed by atoms with Gasteiger partial charge < -0.3 is 14.1 Å². The molecule has 32 heavy (non-hydrogen) atoms. The number of hydrogen-bond donors (Lipinski definition) is 0. The minimum Gasteiger partial charge on any atom is -0.462 e. The number of carbonyl (C=O) groups is 1. The van der Waals surface area contributed by atoms with E-state index in [1.807, 2.05) is 6.07 Å². The van der Waals surface area contributed by atoms with Crippen LogP contribution in [0.25, 0.3) is 11.5 Å². The average Bonchev–Trinajstić information content (AvgIpc) is 3.28. The van der Waals surface area contributed by atoms with E-state index in [1.165, 1.54) is 18.3 Å². The number of nitro benzene ring substituents is 1. The predicted octanol–water partition coefficient (Wildman–Crippen LogP) is 2.54. The summed E-state index contributed by atoms with van der Waals surface area (Å²) in [5.74, 6) is 1.27. The third-order valence-corrected chi connectivity index (χ3v) is 5.11. The van der Waals surface area contributed by atoms with E-state index in [4.69, 9.17) is 9.15 Å². The fourth-order valence-corrected chi connectivity index (χ4v) is 3.39. The second-order valence-corrected chi connectivity index (χ2v) is 7.19. The van der Waals surface area contributed by atoms with E-state index in [0.717, 1.165) is 32.0 Å². The molecule has 0 radical (unpaired) electrons. The molecule has 0 bridgehead atoms. The summed E-state index contributed by atoms with van der Waals surface area (Å²) in [5.41, 5.74) is 1.09. The molecule has 11 nitrogen and oxygen atoms in total. The van der Waals surface area contributed by atoms with Gasteiger partial charge in [-0.3, -0.25) is 15.0 Å². The van der Waals surface area contributed by atoms with Crippen molar-refractivity contribution in [2.45, 2.75) is 13.5 Å². The Bertz CT molecular complexity index is 1070. The van der Waals surface area contributed by atoms with Crippen LogP contribution in [0.1, 0.15) is 23.2 Å². The zero-order valence-corrected chi connectivity index (χ0v) is 17.5. The molecule has 0 amide bonds. The van der Waals surface area contributed by atoms with Gasteiger partial charge in [-0.1, -0.05) is 0 Å². The molecule has 11 heteroatoms. The van der Waals surface area contributed by atoms with Gasteiger partial charge in [0.25, 0.3) is 5.69 Å². The lowest BCUT2D eigenvalue weighted by atomic mass is 10.2. The van der Waals surface area contributed by atoms with Gasteiger partial charge in [-0.05, 0) is 31.2 Å². The summed E-state index contributed by atoms with van der Waals surface area (Å²) in [4.78, 5) is 30.8. The number of piperazine rings is 1. The number of pyridine rings is 1. The number of rotatable bonds is 7. The highest BCUT2D eigenvalue weighted by Crippen LogP contribution is 2.22. The van der Waals surface area contributed by atoms with Crippen LogP contribution in [0.2, 0.25) is 0 Å². The number of carbonyl (C=O) groups excluding carboxylic acids is 1. The van der Waals surface area contributed by atoms with E-state index < -0.39 is 4.92 Å². The molecule has 4 rings (SSSR count). The van der Waals surface area contributed by atoms with Crippen LogP contribution in [0.3, 0.4) is 0 Å². The van der Waals surface area contributed by atoms with Crippen LogP contribution in [-0.4, -0.2) is 63.8 Å². The predicted molar refractivity (Wildman–Crippen MR) is 114 cm³/mol. The minimum absolute atomic E-state index is 0.0105. The lowest BCUT2D eigenvalue weighted by Crippen LogP contribution is -2.46. The van der Waals surface area contributed by atoms with Crippen LogP contribution in [0.15, 0.2) is 47.0 Å². The highest BCUT2D eigenvalue weighted by molar-refractivity contribution is 5.89. The smallest absolute Gasteiger partial charge is 0.339 e. The van der Waals surface area contributed by atoms with E-state index in [9.17, 15) is 14.9 Å². The number of anilines is 1. The first-order valence-electron chi connectivity index (χ1n) is 10.2. The molecule has 166 valence electrons. The largest absolute Gasteiger partial charge is 0.462 e. The topological polar surface area (TPSA) is 128 Å². The second kappa shape index (κ2) is 9.52. The number of non-ortho nitro benzene ring substituents is 1. The molecule has 0 unspecified atom stereocenters. The Morgan fingerprint density at radius 2 is 1.88 bits per heavy atom. The molecule has 3 heterocycles. The Hall–Kier alpha value is -3.86. The van der Waals surface area contributed by atoms with Crippen molar-refractivity contribution in [2.75, 3.05) is 37.7 Å². The Labute approximate surface area is 183 Å². The SMILES string of the molecule is CCOC(=O)c1ccc(N2CCN(Cc3nnc(-c4ccc([N+](=O)[O-])cc4)o3)CC2)nc1. The maximum absolute atomic E-state index is 11.8. The molecular weight excluding hydrogens is 416 g/mol. The van der Waals surface area contributed by atoms with Crippen LogP contribution < -0.4 is 4.90 Å². The van der Waals surface area contributed by atoms with Crippen LogP contribution >= 0.6 is 0 Å². The molecule has 0 saturated carbocycles. The lowest BCUT2D eigenvalue weighted by molar-refractivity contribution is -0.384. The number of nitro groups is 1. The number of aromatic nitrogens is 3. The van der Waals surface area contributed by atoms with E-state index in [-0.39, 0.29) is 11.7 Å². The number of ether oxygens (including phenoxy) is 1. The summed E-state index contributed by atoms with van der Waals surface area (Å²) in [5, 5.41) is 18.9. The first-order chi connectivity index (χ1) is 15.5. The number of esters is 1. The average molecular weight is 438 g/mol. The Morgan fingerprint density at radius 3 is 2.50 bits per heavy atom. The van der Waals surface area contributed by atoms with Gasteiger partial charge in [-0.2, -0.15) is 0 Å². The number of hydrogen-bond acceptors (Lipinski definition) is 10. The number of benzene rings is 1. The van der Waals surface area contributed by atoms with Gasteiger partial charge in [0, 0.05) is 50.1 Å². The van der Waals surface area contributed by atoms with Crippen LogP contribution in [-0.2, 0) is 11.3 Å². The van der Waals surface area contributed by atoms with Gasteiger partial charge >= 0.3 is 5.97 Å². The summed E-state index contributed by atoms with van der Waals surface area (Å²) < 4.78 is 10.7. The summed E-state index contributed by atoms with van der Waals surface area (Å²) in [6.07, 6.45) is 1.54. The quantitative estimate of drug-likeness (QED) is 0.308. The molecule has 1 aromatic carbocycles. The highest BCUT2D eigenvalue weighted by atomic mass is 16.6. The summed E-state index contributed by atoms with van der Waals surface area (Å²) in [7, 11) is 0. The van der Waals surface area contributed by atoms with Gasteiger partial charge in [0.15, 0.2) is 0 Å². The van der Waals surface area contributed by atoms with Crippen LogP contribution in [0.4, 0.5) is 11.5 Å². The third kappa shape index (κ3) is 4.89. The standard InChI is InChI=1S/C21H22N6O5/c1-2-31-21(28)16-5-8-18(22-13-16)26-11-9-25(10-12-26)14-19-23-24-20(32-19)15-3-6-17(7-4-15)27(29)30/h3-8,13H,2,9-12,14H2,1H3. The van der Waals surface area contributed by atoms with Crippen molar-refractivity contribution >= 4 is 17.5 Å². The normalized spacial score (nSPS) is 14.3. The van der Waals surface area contributed by atoms with Crippen molar-refractivity contribution in [2.24, 2.45) is 0 Å². The fraction of sp³-hybridized carbons (Fsp3) is 0.333. The van der Waals surface area contributed by atoms with Gasteiger partial charge in [-0.15, -0.1) is 10.2 Å². The van der Waals surface area contributed by atoms with Gasteiger partial charge in [-0.25, -0.2) is 9.78 Å². The lowest BCUT2D eigenvalue weighted by Gasteiger charge is -2.34. The van der Waals surface area contributed by atoms with E-state index in [1.54, 1.807) is 25.1 Å². The number of nitrogens with zero attached hydrogens (tertiary/aromatic N) is 6. The van der Waals surface area contributed by atoms with Crippen molar-refractivity contribution in [3.8, 4) is 11.5 Å². The first kappa shape index (κ1) is 21.4. The zero-order valence-electron chi connectivity index (χ0n) is 17.5. The molecule has 1 aliphatic heterocycles. The molecule has 0 aliphatic carbocycles. The van der Waals surface area contributed by atoms with Crippen molar-refractivity contribution in [3.05, 3.63) is 64.2 Å². The molecule has 0 atom stereocenters. The van der Waals surface area contributed by atoms with Gasteiger partial charge in [0.1, 0.15) is 5.82 Å². The third-order valence-electron chi connectivity index (χ3n) is 5.11. The van der Waals surface area contributed by atoms with Crippen LogP contribution in [0, 0.1) is 10.1 Å². The molecule has 0 N–H and O–H groups in total. The van der Waals surface area contributed by atoms with E-state index in [0.29, 0.717) is 36.1 Å². The zero-order chi connectivity index (χ0) is 22.5. The fourth-order valence-electron chi connectivity index (χ4n) is 3.39. The minimum atomic E-state index is -0.451. The molecular formula is C21H22N6O5. The van der Waals surface area contributed by atoms with E-state index >= 15 is 0 Å². The summed E-state index contributed by atoms with van der Waals surface area (Å²) in [6, 6.07) is 9.56. The first-order valence-corrected chi connectivity index (χ1v) is 10.2. The summed E-state index contributed by atoms with van der Waals surface area (Å²) in [6.45, 7) is 5.74. The molecule has 2 aromatic heterocycles. The van der Waals surface area contributed by atoms with Gasteiger partial charge in [0.05, 0.1) is 23.6 Å². The maximum Gasteiger partial charge on any atom is 0.339 e. The van der Waals surface area contributed by atoms with Crippen molar-refractivity contribution in [3.63, 3.8) is 0 Å². The highest BCUT2D eigenvalue weighted by Gasteiger charge is 2.21. The molecule has 1 saturated heterocycles. The monoisotopic (exact) mass is 438 g/mol. The van der Waals surface area contributed by atoms with Crippen molar-refractivity contribution in [1.82, 2.24) is 20.1 Å². The second-order valence-electron chi connectivity index (χ2n) is 7.19. The Kier molecular flexibility index (Phi) is 6.36. The maximum atomic E-state index is 11.8. The van der Waals surface area contributed by atoms with Crippen molar-refractivity contribution < 1.29 is 18.9 Å². The van der Waals surface area contributed by atoms with Gasteiger partial charge in [0.2, 0.25) is 11.8 Å². The molecule has 3 aromatic rings. The molecule has 0 spiro atoms. The van der Waals surface area contributed by atoms with Crippen LogP contribution in [0.5, 0.6) is 0 Å². The Balaban J connectivity index is 1.31. The molecule has 1 aliphatic rings. The van der Waals surface area contributed by atoms with E-state index in [2.05, 4.69) is 25.0 Å². The summed E-state index contributed by atoms with van der Waals surface area (Å²) >= 11 is 0. The molecule has 1 fully saturated rings. The Morgan fingerprint density at radius 1 is 1.12 bits per heavy atom. The van der Waals surface area contributed by atoms with Crippen molar-refractivity contribution in [1.29, 1.82) is 0 Å².